The molecule has 3 rings (SSSR count). The van der Waals surface area contributed by atoms with E-state index in [9.17, 15) is 18.3 Å². The number of benzene rings is 2. The zero-order valence-corrected chi connectivity index (χ0v) is 19.4. The number of hydrogen-bond donors (Lipinski definition) is 1. The smallest absolute Gasteiger partial charge is 0.340 e. The maximum absolute atomic E-state index is 13.0. The van der Waals surface area contributed by atoms with Gasteiger partial charge < -0.3 is 19.3 Å². The molecule has 0 bridgehead atoms. The highest BCUT2D eigenvalue weighted by atomic mass is 32.2. The minimum Gasteiger partial charge on any atom is -0.467 e. The minimum absolute atomic E-state index is 0.0192. The lowest BCUT2D eigenvalue weighted by molar-refractivity contribution is -0.162. The maximum atomic E-state index is 13.0. The van der Waals surface area contributed by atoms with Crippen LogP contribution >= 0.6 is 0 Å². The Balaban J connectivity index is 1.75. The first kappa shape index (κ1) is 24.2. The van der Waals surface area contributed by atoms with Crippen LogP contribution in [0.5, 0.6) is 11.5 Å². The van der Waals surface area contributed by atoms with Gasteiger partial charge in [-0.05, 0) is 61.4 Å². The molecule has 0 aromatic heterocycles. The average Bonchev–Trinajstić information content (AvgIpc) is 2.76. The van der Waals surface area contributed by atoms with E-state index in [4.69, 9.17) is 14.2 Å². The molecule has 1 fully saturated rings. The van der Waals surface area contributed by atoms with E-state index in [1.165, 1.54) is 12.1 Å². The molecule has 2 aromatic carbocycles. The predicted octanol–water partition coefficient (Wildman–Crippen LogP) is 2.11. The van der Waals surface area contributed by atoms with Crippen LogP contribution in [-0.4, -0.2) is 75.7 Å². The molecule has 32 heavy (non-hydrogen) atoms. The monoisotopic (exact) mass is 463 g/mol. The lowest BCUT2D eigenvalue weighted by Crippen LogP contribution is -2.55. The fourth-order valence-corrected chi connectivity index (χ4v) is 5.07. The second-order valence-electron chi connectivity index (χ2n) is 7.99. The van der Waals surface area contributed by atoms with Crippen LogP contribution in [0.2, 0.25) is 0 Å². The summed E-state index contributed by atoms with van der Waals surface area (Å²) >= 11 is 0. The third-order valence-electron chi connectivity index (χ3n) is 5.48. The largest absolute Gasteiger partial charge is 0.467 e. The molecule has 8 nitrogen and oxygen atoms in total. The molecule has 2 aromatic rings. The van der Waals surface area contributed by atoms with E-state index in [2.05, 4.69) is 0 Å². The summed E-state index contributed by atoms with van der Waals surface area (Å²) in [6, 6.07) is 11.6. The summed E-state index contributed by atoms with van der Waals surface area (Å²) in [6.07, 6.45) is 0. The molecule has 1 saturated heterocycles. The zero-order chi connectivity index (χ0) is 23.4. The Morgan fingerprint density at radius 2 is 1.69 bits per heavy atom. The number of nitrogens with zero attached hydrogens (tertiary/aromatic N) is 1. The van der Waals surface area contributed by atoms with Crippen LogP contribution < -0.4 is 4.74 Å². The summed E-state index contributed by atoms with van der Waals surface area (Å²) in [5.41, 5.74) is 0.0394. The molecule has 0 spiro atoms. The molecule has 1 aliphatic rings. The average molecular weight is 464 g/mol. The predicted molar refractivity (Wildman–Crippen MR) is 119 cm³/mol. The molecular weight excluding hydrogens is 434 g/mol. The fourth-order valence-electron chi connectivity index (χ4n) is 3.51. The van der Waals surface area contributed by atoms with E-state index >= 15 is 0 Å². The van der Waals surface area contributed by atoms with E-state index in [0.29, 0.717) is 37.8 Å². The molecule has 1 unspecified atom stereocenters. The molecular formula is C23H29NO7S. The number of ether oxygens (including phenoxy) is 3. The SMILES string of the molecule is COC(=O)C(O)(CN1CCOCC1)CS(=O)(=O)c1ccc(Oc2ccc(C)c(C)c2)cc1. The molecule has 9 heteroatoms. The van der Waals surface area contributed by atoms with Crippen molar-refractivity contribution in [2.45, 2.75) is 24.3 Å². The highest BCUT2D eigenvalue weighted by molar-refractivity contribution is 7.91. The Labute approximate surface area is 188 Å². The Bertz CT molecular complexity index is 1050. The number of sulfone groups is 1. The van der Waals surface area contributed by atoms with Crippen molar-refractivity contribution in [2.75, 3.05) is 45.7 Å². The molecule has 0 aliphatic carbocycles. The Morgan fingerprint density at radius 1 is 1.06 bits per heavy atom. The maximum Gasteiger partial charge on any atom is 0.340 e. The Kier molecular flexibility index (Phi) is 7.55. The number of rotatable bonds is 8. The Hall–Kier alpha value is -2.46. The molecule has 1 N–H and O–H groups in total. The van der Waals surface area contributed by atoms with E-state index in [1.54, 1.807) is 17.0 Å². The van der Waals surface area contributed by atoms with Crippen molar-refractivity contribution < 1.29 is 32.5 Å². The summed E-state index contributed by atoms with van der Waals surface area (Å²) in [6.45, 7) is 5.71. The summed E-state index contributed by atoms with van der Waals surface area (Å²) in [7, 11) is -2.87. The topological polar surface area (TPSA) is 102 Å². The van der Waals surface area contributed by atoms with Crippen LogP contribution in [0.4, 0.5) is 0 Å². The van der Waals surface area contributed by atoms with Crippen LogP contribution in [0, 0.1) is 13.8 Å². The van der Waals surface area contributed by atoms with Crippen molar-refractivity contribution in [2.24, 2.45) is 0 Å². The van der Waals surface area contributed by atoms with Gasteiger partial charge in [-0.25, -0.2) is 13.2 Å². The molecule has 1 atom stereocenters. The molecule has 174 valence electrons. The fraction of sp³-hybridized carbons (Fsp3) is 0.435. The number of methoxy groups -OCH3 is 1. The van der Waals surface area contributed by atoms with Gasteiger partial charge in [0.05, 0.1) is 31.0 Å². The van der Waals surface area contributed by atoms with Crippen molar-refractivity contribution in [1.82, 2.24) is 4.90 Å². The van der Waals surface area contributed by atoms with Crippen LogP contribution in [-0.2, 0) is 24.1 Å². The van der Waals surface area contributed by atoms with Gasteiger partial charge in [-0.2, -0.15) is 0 Å². The molecule has 0 radical (unpaired) electrons. The van der Waals surface area contributed by atoms with E-state index in [-0.39, 0.29) is 11.4 Å². The number of β-amino-alcohol motifs (C(OH)–C–C–N with tert-alkyl or cyclic N) is 1. The molecule has 1 heterocycles. The summed E-state index contributed by atoms with van der Waals surface area (Å²) in [5.74, 6) is -0.651. The second kappa shape index (κ2) is 9.99. The third-order valence-corrected chi connectivity index (χ3v) is 7.33. The summed E-state index contributed by atoms with van der Waals surface area (Å²) in [5, 5.41) is 11.0. The van der Waals surface area contributed by atoms with Gasteiger partial charge in [-0.1, -0.05) is 6.07 Å². The number of aliphatic hydroxyl groups is 1. The number of aryl methyl sites for hydroxylation is 2. The first-order chi connectivity index (χ1) is 15.1. The van der Waals surface area contributed by atoms with Gasteiger partial charge in [0.2, 0.25) is 0 Å². The standard InChI is InChI=1S/C23H29NO7S/c1-17-4-5-20(14-18(17)2)31-19-6-8-21(9-7-19)32(27,28)16-23(26,22(25)29-3)15-24-10-12-30-13-11-24/h4-9,14,26H,10-13,15-16H2,1-3H3. The first-order valence-electron chi connectivity index (χ1n) is 10.3. The lowest BCUT2D eigenvalue weighted by atomic mass is 10.1. The van der Waals surface area contributed by atoms with Crippen LogP contribution in [0.3, 0.4) is 0 Å². The minimum atomic E-state index is -3.99. The van der Waals surface area contributed by atoms with Crippen molar-refractivity contribution in [1.29, 1.82) is 0 Å². The zero-order valence-electron chi connectivity index (χ0n) is 18.5. The second-order valence-corrected chi connectivity index (χ2v) is 9.98. The summed E-state index contributed by atoms with van der Waals surface area (Å²) < 4.78 is 41.8. The van der Waals surface area contributed by atoms with Gasteiger partial charge in [0.15, 0.2) is 15.4 Å². The van der Waals surface area contributed by atoms with Gasteiger partial charge in [0.25, 0.3) is 0 Å². The Morgan fingerprint density at radius 3 is 2.28 bits per heavy atom. The molecule has 1 aliphatic heterocycles. The van der Waals surface area contributed by atoms with Crippen LogP contribution in [0.15, 0.2) is 47.4 Å². The van der Waals surface area contributed by atoms with Gasteiger partial charge in [-0.3, -0.25) is 4.90 Å². The van der Waals surface area contributed by atoms with Crippen molar-refractivity contribution >= 4 is 15.8 Å². The summed E-state index contributed by atoms with van der Waals surface area (Å²) in [4.78, 5) is 14.1. The van der Waals surface area contributed by atoms with Crippen molar-refractivity contribution in [3.8, 4) is 11.5 Å². The van der Waals surface area contributed by atoms with Gasteiger partial charge in [0, 0.05) is 19.6 Å². The first-order valence-corrected chi connectivity index (χ1v) is 12.0. The van der Waals surface area contributed by atoms with Gasteiger partial charge >= 0.3 is 5.97 Å². The van der Waals surface area contributed by atoms with Gasteiger partial charge in [-0.15, -0.1) is 0 Å². The number of morpholine rings is 1. The third kappa shape index (κ3) is 5.86. The van der Waals surface area contributed by atoms with Crippen molar-refractivity contribution in [3.05, 3.63) is 53.6 Å². The lowest BCUT2D eigenvalue weighted by Gasteiger charge is -2.34. The highest BCUT2D eigenvalue weighted by Gasteiger charge is 2.44. The van der Waals surface area contributed by atoms with E-state index < -0.39 is 27.2 Å². The number of carbonyl (C=O) groups excluding carboxylic acids is 1. The molecule has 0 amide bonds. The van der Waals surface area contributed by atoms with Crippen molar-refractivity contribution in [3.63, 3.8) is 0 Å². The van der Waals surface area contributed by atoms with E-state index in [1.807, 2.05) is 32.0 Å². The number of esters is 1. The normalized spacial score (nSPS) is 16.9. The number of hydrogen-bond acceptors (Lipinski definition) is 8. The highest BCUT2D eigenvalue weighted by Crippen LogP contribution is 2.26. The quantitative estimate of drug-likeness (QED) is 0.594. The number of carbonyl (C=O) groups is 1. The van der Waals surface area contributed by atoms with Gasteiger partial charge in [0.1, 0.15) is 11.5 Å². The molecule has 0 saturated carbocycles. The van der Waals surface area contributed by atoms with Crippen LogP contribution in [0.1, 0.15) is 11.1 Å². The van der Waals surface area contributed by atoms with E-state index in [0.717, 1.165) is 18.2 Å². The van der Waals surface area contributed by atoms with Crippen LogP contribution in [0.25, 0.3) is 0 Å².